The minimum atomic E-state index is -0.790. The van der Waals surface area contributed by atoms with E-state index in [4.69, 9.17) is 14.2 Å². The summed E-state index contributed by atoms with van der Waals surface area (Å²) < 4.78 is 20.6. The lowest BCUT2D eigenvalue weighted by molar-refractivity contribution is -0.677. The Morgan fingerprint density at radius 2 is 1.24 bits per heavy atom. The molecule has 0 N–H and O–H groups in total. The molecule has 2 heterocycles. The van der Waals surface area contributed by atoms with Gasteiger partial charge in [-0.25, -0.2) is 0 Å². The zero-order chi connectivity index (χ0) is 29.7. The predicted molar refractivity (Wildman–Crippen MR) is 166 cm³/mol. The van der Waals surface area contributed by atoms with E-state index in [1.807, 2.05) is 40.7 Å². The molecule has 42 heavy (non-hydrogen) atoms. The van der Waals surface area contributed by atoms with E-state index >= 15 is 0 Å². The highest BCUT2D eigenvalue weighted by Gasteiger charge is 2.38. The number of nitrogens with zero attached hydrogens (tertiary/aromatic N) is 1. The lowest BCUT2D eigenvalue weighted by Gasteiger charge is -2.40. The molecule has 1 saturated heterocycles. The Balaban J connectivity index is 1.49. The van der Waals surface area contributed by atoms with Gasteiger partial charge in [0.15, 0.2) is 12.3 Å². The minimum absolute atomic E-state index is 0.0743. The molecule has 0 amide bonds. The summed E-state index contributed by atoms with van der Waals surface area (Å²) in [5.41, 5.74) is 6.43. The van der Waals surface area contributed by atoms with Crippen LogP contribution >= 0.6 is 0 Å². The first-order valence-electron chi connectivity index (χ1n) is 14.9. The number of hydrogen-bond donors (Lipinski definition) is 0. The van der Waals surface area contributed by atoms with Crippen LogP contribution in [0.2, 0.25) is 0 Å². The third-order valence-corrected chi connectivity index (χ3v) is 7.33. The number of carbonyl (C=O) groups excluding carboxylic acids is 1. The molecule has 218 valence electrons. The number of rotatable bonds is 8. The normalized spacial score (nSPS) is 18.4. The van der Waals surface area contributed by atoms with E-state index in [2.05, 4.69) is 102 Å². The molecule has 1 aliphatic heterocycles. The highest BCUT2D eigenvalue weighted by atomic mass is 16.7. The Kier molecular flexibility index (Phi) is 8.91. The molecule has 0 spiro atoms. The molecule has 1 aliphatic rings. The summed E-state index contributed by atoms with van der Waals surface area (Å²) in [6.07, 6.45) is 1.28. The van der Waals surface area contributed by atoms with Crippen molar-refractivity contribution >= 4 is 5.97 Å². The van der Waals surface area contributed by atoms with Gasteiger partial charge in [-0.3, -0.25) is 4.79 Å². The van der Waals surface area contributed by atoms with Crippen molar-refractivity contribution in [2.75, 3.05) is 0 Å². The van der Waals surface area contributed by atoms with Crippen molar-refractivity contribution in [2.24, 2.45) is 0 Å². The zero-order valence-electron chi connectivity index (χ0n) is 25.4. The van der Waals surface area contributed by atoms with Crippen molar-refractivity contribution in [2.45, 2.75) is 84.0 Å². The molecule has 0 aliphatic carbocycles. The molecule has 0 unspecified atom stereocenters. The van der Waals surface area contributed by atoms with E-state index in [1.54, 1.807) is 0 Å². The van der Waals surface area contributed by atoms with Gasteiger partial charge < -0.3 is 14.2 Å². The van der Waals surface area contributed by atoms with Crippen LogP contribution in [0, 0.1) is 0 Å². The average Bonchev–Trinajstić information content (AvgIpc) is 2.95. The minimum Gasteiger partial charge on any atom is -0.460 e. The second-order valence-corrected chi connectivity index (χ2v) is 12.5. The van der Waals surface area contributed by atoms with Crippen molar-refractivity contribution in [3.8, 4) is 33.6 Å². The molecule has 0 bridgehead atoms. The van der Waals surface area contributed by atoms with Gasteiger partial charge in [0.1, 0.15) is 5.60 Å². The maximum atomic E-state index is 12.6. The molecule has 1 aromatic heterocycles. The fourth-order valence-corrected chi connectivity index (χ4v) is 5.72. The predicted octanol–water partition coefficient (Wildman–Crippen LogP) is 8.01. The van der Waals surface area contributed by atoms with Gasteiger partial charge in [0.2, 0.25) is 11.4 Å². The average molecular weight is 565 g/mol. The molecule has 0 saturated carbocycles. The number of esters is 1. The smallest absolute Gasteiger partial charge is 0.308 e. The summed E-state index contributed by atoms with van der Waals surface area (Å²) >= 11 is 0. The number of ether oxygens (including phenoxy) is 3. The number of pyridine rings is 1. The molecular weight excluding hydrogens is 522 g/mol. The Hall–Kier alpha value is -3.80. The van der Waals surface area contributed by atoms with Crippen LogP contribution in [0.25, 0.3) is 33.6 Å². The number of benzene rings is 3. The van der Waals surface area contributed by atoms with E-state index in [9.17, 15) is 4.79 Å². The summed E-state index contributed by atoms with van der Waals surface area (Å²) in [5.74, 6) is -1.03. The van der Waals surface area contributed by atoms with Crippen molar-refractivity contribution in [1.29, 1.82) is 0 Å². The molecule has 5 rings (SSSR count). The van der Waals surface area contributed by atoms with Crippen LogP contribution in [0.15, 0.2) is 103 Å². The van der Waals surface area contributed by atoms with E-state index in [0.29, 0.717) is 6.42 Å². The molecule has 5 heteroatoms. The first kappa shape index (κ1) is 29.7. The highest BCUT2D eigenvalue weighted by Crippen LogP contribution is 2.32. The summed E-state index contributed by atoms with van der Waals surface area (Å²) in [7, 11) is 0. The SMILES string of the molecule is CC(C)(C)OC(=O)C[C@H]1C[C@@H](CC[n+]2c(-c3ccccc3)cc(-c3ccccc3)cc2-c2ccccc2)OC(C)(C)O1. The van der Waals surface area contributed by atoms with Crippen molar-refractivity contribution in [3.05, 3.63) is 103 Å². The third-order valence-electron chi connectivity index (χ3n) is 7.33. The molecule has 0 radical (unpaired) electrons. The topological polar surface area (TPSA) is 48.6 Å². The van der Waals surface area contributed by atoms with Crippen molar-refractivity contribution in [1.82, 2.24) is 0 Å². The van der Waals surface area contributed by atoms with Crippen LogP contribution in [-0.4, -0.2) is 29.6 Å². The van der Waals surface area contributed by atoms with Gasteiger partial charge in [0, 0.05) is 36.1 Å². The highest BCUT2D eigenvalue weighted by molar-refractivity contribution is 5.73. The van der Waals surface area contributed by atoms with Crippen molar-refractivity contribution < 1.29 is 23.6 Å². The second-order valence-electron chi connectivity index (χ2n) is 12.5. The zero-order valence-corrected chi connectivity index (χ0v) is 25.4. The lowest BCUT2D eigenvalue weighted by atomic mass is 9.98. The number of carbonyl (C=O) groups is 1. The van der Waals surface area contributed by atoms with Gasteiger partial charge in [-0.2, -0.15) is 4.57 Å². The van der Waals surface area contributed by atoms with Crippen LogP contribution in [0.4, 0.5) is 0 Å². The fraction of sp³-hybridized carbons (Fsp3) is 0.351. The van der Waals surface area contributed by atoms with E-state index in [-0.39, 0.29) is 24.6 Å². The summed E-state index contributed by atoms with van der Waals surface area (Å²) in [4.78, 5) is 12.6. The van der Waals surface area contributed by atoms with E-state index < -0.39 is 11.4 Å². The molecule has 2 atom stereocenters. The van der Waals surface area contributed by atoms with Gasteiger partial charge in [0.25, 0.3) is 0 Å². The van der Waals surface area contributed by atoms with Gasteiger partial charge >= 0.3 is 5.97 Å². The quantitative estimate of drug-likeness (QED) is 0.161. The Morgan fingerprint density at radius 3 is 1.74 bits per heavy atom. The first-order valence-corrected chi connectivity index (χ1v) is 14.9. The largest absolute Gasteiger partial charge is 0.460 e. The number of hydrogen-bond acceptors (Lipinski definition) is 4. The molecule has 5 nitrogen and oxygen atoms in total. The molecular formula is C37H42NO4+. The summed E-state index contributed by atoms with van der Waals surface area (Å²) in [6, 6.07) is 36.2. The van der Waals surface area contributed by atoms with E-state index in [1.165, 1.54) is 11.1 Å². The number of aromatic nitrogens is 1. The lowest BCUT2D eigenvalue weighted by Crippen LogP contribution is -2.48. The third kappa shape index (κ3) is 7.72. The Bertz CT molecular complexity index is 1420. The van der Waals surface area contributed by atoms with Crippen LogP contribution in [0.3, 0.4) is 0 Å². The summed E-state index contributed by atoms with van der Waals surface area (Å²) in [5, 5.41) is 0. The van der Waals surface area contributed by atoms with Gasteiger partial charge in [-0.1, -0.05) is 66.7 Å². The van der Waals surface area contributed by atoms with Crippen LogP contribution in [0.5, 0.6) is 0 Å². The first-order chi connectivity index (χ1) is 20.1. The Morgan fingerprint density at radius 1 is 0.762 bits per heavy atom. The van der Waals surface area contributed by atoms with Gasteiger partial charge in [-0.15, -0.1) is 0 Å². The van der Waals surface area contributed by atoms with Gasteiger partial charge in [0.05, 0.1) is 18.6 Å². The maximum absolute atomic E-state index is 12.6. The maximum Gasteiger partial charge on any atom is 0.308 e. The Labute approximate surface area is 250 Å². The van der Waals surface area contributed by atoms with Crippen LogP contribution in [-0.2, 0) is 25.5 Å². The van der Waals surface area contributed by atoms with E-state index in [0.717, 1.165) is 35.5 Å². The van der Waals surface area contributed by atoms with Crippen molar-refractivity contribution in [3.63, 3.8) is 0 Å². The van der Waals surface area contributed by atoms with Gasteiger partial charge in [-0.05, 0) is 70.0 Å². The summed E-state index contributed by atoms with van der Waals surface area (Å²) in [6.45, 7) is 10.2. The molecule has 4 aromatic rings. The standard InChI is InChI=1S/C37H42NO4/c1-36(2,3)42-35(39)26-32-25-31(40-37(4,5)41-32)21-22-38-33(28-17-11-7-12-18-28)23-30(27-15-9-6-10-16-27)24-34(38)29-19-13-8-14-20-29/h6-20,23-24,31-32H,21-22,25-26H2,1-5H3/q+1/t31-,32-/m1/s1. The fourth-order valence-electron chi connectivity index (χ4n) is 5.72. The molecule has 1 fully saturated rings. The second kappa shape index (κ2) is 12.6. The monoisotopic (exact) mass is 564 g/mol. The van der Waals surface area contributed by atoms with Crippen LogP contribution < -0.4 is 4.57 Å². The molecule has 3 aromatic carbocycles. The van der Waals surface area contributed by atoms with Crippen LogP contribution in [0.1, 0.15) is 53.9 Å².